The van der Waals surface area contributed by atoms with Gasteiger partial charge in [0.25, 0.3) is 0 Å². The minimum atomic E-state index is -0.938. The number of benzene rings is 1. The number of phenols is 1. The molecule has 1 heterocycles. The molecule has 1 fully saturated rings. The summed E-state index contributed by atoms with van der Waals surface area (Å²) in [4.78, 5) is 13.7. The van der Waals surface area contributed by atoms with Crippen molar-refractivity contribution in [3.63, 3.8) is 0 Å². The monoisotopic (exact) mass is 361 g/mol. The topological polar surface area (TPSA) is 70.0 Å². The predicted molar refractivity (Wildman–Crippen MR) is 89.3 cm³/mol. The average molecular weight is 362 g/mol. The number of hydrogen-bond acceptors (Lipinski definition) is 4. The first kappa shape index (κ1) is 18.2. The fourth-order valence-corrected chi connectivity index (χ4v) is 3.42. The van der Waals surface area contributed by atoms with Crippen molar-refractivity contribution < 1.29 is 19.7 Å². The molecule has 1 aromatic rings. The van der Waals surface area contributed by atoms with Crippen LogP contribution in [0.25, 0.3) is 0 Å². The standard InChI is InChI=1S/C16H21Cl2NO4/c1-8(12-11(20)6-5-10(17)13(12)18)7-19-9(2)14(21)16(3,4)23-15(19)22/h5-6,8-9,14,20-21H,7H2,1-4H3/t8-,9-,14?/m0/s1. The number of aliphatic hydroxyl groups is 1. The van der Waals surface area contributed by atoms with Gasteiger partial charge in [0.05, 0.1) is 16.1 Å². The lowest BCUT2D eigenvalue weighted by Crippen LogP contribution is -2.61. The molecule has 0 saturated carbocycles. The van der Waals surface area contributed by atoms with E-state index in [-0.39, 0.29) is 23.2 Å². The molecular weight excluding hydrogens is 341 g/mol. The highest BCUT2D eigenvalue weighted by atomic mass is 35.5. The maximum Gasteiger partial charge on any atom is 0.410 e. The molecule has 1 aliphatic rings. The number of nitrogens with zero attached hydrogens (tertiary/aromatic N) is 1. The van der Waals surface area contributed by atoms with Crippen molar-refractivity contribution in [3.05, 3.63) is 27.7 Å². The Balaban J connectivity index is 2.25. The maximum absolute atomic E-state index is 12.2. The number of aromatic hydroxyl groups is 1. The number of carbonyl (C=O) groups is 1. The second-order valence-electron chi connectivity index (χ2n) is 6.50. The van der Waals surface area contributed by atoms with Crippen LogP contribution in [0.5, 0.6) is 5.75 Å². The lowest BCUT2D eigenvalue weighted by atomic mass is 9.91. The zero-order valence-electron chi connectivity index (χ0n) is 13.5. The molecule has 23 heavy (non-hydrogen) atoms. The molecule has 1 amide bonds. The largest absolute Gasteiger partial charge is 0.508 e. The lowest BCUT2D eigenvalue weighted by molar-refractivity contribution is -0.132. The Morgan fingerprint density at radius 2 is 2.00 bits per heavy atom. The van der Waals surface area contributed by atoms with Crippen molar-refractivity contribution in [2.24, 2.45) is 0 Å². The van der Waals surface area contributed by atoms with Crippen LogP contribution in [0, 0.1) is 0 Å². The molecule has 5 nitrogen and oxygen atoms in total. The number of rotatable bonds is 3. The minimum absolute atomic E-state index is 0.0193. The number of carbonyl (C=O) groups excluding carboxylic acids is 1. The highest BCUT2D eigenvalue weighted by Crippen LogP contribution is 2.39. The van der Waals surface area contributed by atoms with Gasteiger partial charge in [0.15, 0.2) is 0 Å². The Kier molecular flexibility index (Phi) is 5.04. The summed E-state index contributed by atoms with van der Waals surface area (Å²) in [5, 5.41) is 21.0. The normalized spacial score (nSPS) is 25.2. The number of halogens is 2. The summed E-state index contributed by atoms with van der Waals surface area (Å²) in [5.74, 6) is -0.268. The maximum atomic E-state index is 12.2. The van der Waals surface area contributed by atoms with E-state index in [1.165, 1.54) is 17.0 Å². The van der Waals surface area contributed by atoms with Gasteiger partial charge in [0.1, 0.15) is 17.5 Å². The van der Waals surface area contributed by atoms with Gasteiger partial charge in [-0.05, 0) is 32.9 Å². The molecule has 0 bridgehead atoms. The molecule has 2 N–H and O–H groups in total. The minimum Gasteiger partial charge on any atom is -0.508 e. The summed E-state index contributed by atoms with van der Waals surface area (Å²) in [6.07, 6.45) is -1.33. The fraction of sp³-hybridized carbons (Fsp3) is 0.562. The van der Waals surface area contributed by atoms with E-state index in [0.29, 0.717) is 10.6 Å². The molecule has 3 atom stereocenters. The molecular formula is C16H21Cl2NO4. The second kappa shape index (κ2) is 6.38. The number of ether oxygens (including phenoxy) is 1. The van der Waals surface area contributed by atoms with E-state index in [4.69, 9.17) is 27.9 Å². The molecule has 0 aliphatic carbocycles. The third kappa shape index (κ3) is 3.37. The van der Waals surface area contributed by atoms with Gasteiger partial charge < -0.3 is 19.8 Å². The van der Waals surface area contributed by atoms with Gasteiger partial charge in [-0.2, -0.15) is 0 Å². The zero-order valence-corrected chi connectivity index (χ0v) is 15.0. The summed E-state index contributed by atoms with van der Waals surface area (Å²) < 4.78 is 5.31. The molecule has 1 unspecified atom stereocenters. The van der Waals surface area contributed by atoms with E-state index in [1.54, 1.807) is 20.8 Å². The number of amides is 1. The number of hydrogen-bond donors (Lipinski definition) is 2. The van der Waals surface area contributed by atoms with E-state index in [1.807, 2.05) is 6.92 Å². The van der Waals surface area contributed by atoms with Crippen molar-refractivity contribution in [1.29, 1.82) is 0 Å². The zero-order chi connectivity index (χ0) is 17.5. The smallest absolute Gasteiger partial charge is 0.410 e. The molecule has 7 heteroatoms. The van der Waals surface area contributed by atoms with Gasteiger partial charge in [-0.15, -0.1) is 0 Å². The van der Waals surface area contributed by atoms with Crippen molar-refractivity contribution >= 4 is 29.3 Å². The Labute approximate surface area is 145 Å². The first-order valence-electron chi connectivity index (χ1n) is 7.40. The first-order chi connectivity index (χ1) is 10.6. The van der Waals surface area contributed by atoms with Crippen molar-refractivity contribution in [3.8, 4) is 5.75 Å². The summed E-state index contributed by atoms with van der Waals surface area (Å²) in [6, 6.07) is 2.56. The van der Waals surface area contributed by atoms with E-state index >= 15 is 0 Å². The number of phenolic OH excluding ortho intramolecular Hbond substituents is 1. The Hall–Kier alpha value is -1.17. The third-order valence-corrected chi connectivity index (χ3v) is 5.14. The van der Waals surface area contributed by atoms with E-state index < -0.39 is 23.8 Å². The molecule has 1 aromatic carbocycles. The summed E-state index contributed by atoms with van der Waals surface area (Å²) >= 11 is 12.2. The van der Waals surface area contributed by atoms with Gasteiger partial charge >= 0.3 is 6.09 Å². The Morgan fingerprint density at radius 3 is 2.61 bits per heavy atom. The van der Waals surface area contributed by atoms with Gasteiger partial charge in [-0.25, -0.2) is 4.79 Å². The van der Waals surface area contributed by atoms with Crippen LogP contribution in [0.15, 0.2) is 12.1 Å². The summed E-state index contributed by atoms with van der Waals surface area (Å²) in [5.41, 5.74) is -0.468. The fourth-order valence-electron chi connectivity index (χ4n) is 2.91. The van der Waals surface area contributed by atoms with Crippen LogP contribution in [0.2, 0.25) is 10.0 Å². The van der Waals surface area contributed by atoms with E-state index in [0.717, 1.165) is 0 Å². The third-order valence-electron chi connectivity index (χ3n) is 4.32. The molecule has 2 rings (SSSR count). The highest BCUT2D eigenvalue weighted by Gasteiger charge is 2.46. The quantitative estimate of drug-likeness (QED) is 0.859. The Bertz CT molecular complexity index is 620. The number of aliphatic hydroxyl groups excluding tert-OH is 1. The molecule has 0 radical (unpaired) electrons. The van der Waals surface area contributed by atoms with Gasteiger partial charge in [0.2, 0.25) is 0 Å². The van der Waals surface area contributed by atoms with Crippen molar-refractivity contribution in [1.82, 2.24) is 4.90 Å². The van der Waals surface area contributed by atoms with Gasteiger partial charge in [-0.1, -0.05) is 30.1 Å². The molecule has 128 valence electrons. The van der Waals surface area contributed by atoms with Crippen LogP contribution in [0.3, 0.4) is 0 Å². The van der Waals surface area contributed by atoms with Crippen molar-refractivity contribution in [2.45, 2.75) is 51.4 Å². The first-order valence-corrected chi connectivity index (χ1v) is 8.16. The average Bonchev–Trinajstić information content (AvgIpc) is 2.45. The highest BCUT2D eigenvalue weighted by molar-refractivity contribution is 6.42. The van der Waals surface area contributed by atoms with Crippen LogP contribution in [0.1, 0.15) is 39.2 Å². The van der Waals surface area contributed by atoms with Crippen molar-refractivity contribution in [2.75, 3.05) is 6.54 Å². The molecule has 1 aliphatic heterocycles. The van der Waals surface area contributed by atoms with Crippen LogP contribution >= 0.6 is 23.2 Å². The van der Waals surface area contributed by atoms with E-state index in [9.17, 15) is 15.0 Å². The van der Waals surface area contributed by atoms with Crippen LogP contribution in [0.4, 0.5) is 4.79 Å². The second-order valence-corrected chi connectivity index (χ2v) is 7.29. The Morgan fingerprint density at radius 1 is 1.39 bits per heavy atom. The van der Waals surface area contributed by atoms with E-state index in [2.05, 4.69) is 0 Å². The van der Waals surface area contributed by atoms with Crippen LogP contribution in [-0.4, -0.2) is 45.5 Å². The number of cyclic esters (lactones) is 1. The van der Waals surface area contributed by atoms with Gasteiger partial charge in [0, 0.05) is 18.0 Å². The molecule has 1 saturated heterocycles. The molecule has 0 aromatic heterocycles. The predicted octanol–water partition coefficient (Wildman–Crippen LogP) is 3.78. The summed E-state index contributed by atoms with van der Waals surface area (Å²) in [7, 11) is 0. The summed E-state index contributed by atoms with van der Waals surface area (Å²) in [6.45, 7) is 7.17. The van der Waals surface area contributed by atoms with Gasteiger partial charge in [-0.3, -0.25) is 0 Å². The lowest BCUT2D eigenvalue weighted by Gasteiger charge is -2.45. The van der Waals surface area contributed by atoms with Crippen LogP contribution < -0.4 is 0 Å². The SMILES string of the molecule is C[C@@H](CN1C(=O)OC(C)(C)C(O)[C@@H]1C)c1c(O)ccc(Cl)c1Cl. The molecule has 0 spiro atoms. The van der Waals surface area contributed by atoms with Crippen LogP contribution in [-0.2, 0) is 4.74 Å².